The quantitative estimate of drug-likeness (QED) is 0.558. The summed E-state index contributed by atoms with van der Waals surface area (Å²) >= 11 is 0. The predicted octanol–water partition coefficient (Wildman–Crippen LogP) is 4.72. The second-order valence-corrected chi connectivity index (χ2v) is 17.9. The van der Waals surface area contributed by atoms with Gasteiger partial charge in [-0.2, -0.15) is 0 Å². The minimum Gasteiger partial charge on any atom is -0.416 e. The average molecular weight is 439 g/mol. The summed E-state index contributed by atoms with van der Waals surface area (Å²) < 4.78 is 6.88. The second kappa shape index (κ2) is 7.55. The molecule has 4 aliphatic carbocycles. The van der Waals surface area contributed by atoms with Crippen LogP contribution in [0.1, 0.15) is 79.1 Å². The molecule has 174 valence electrons. The summed E-state index contributed by atoms with van der Waals surface area (Å²) in [6, 6.07) is 0. The molecule has 0 bridgehead atoms. The van der Waals surface area contributed by atoms with Gasteiger partial charge in [-0.15, -0.1) is 0 Å². The van der Waals surface area contributed by atoms with E-state index in [1.807, 2.05) is 0 Å². The van der Waals surface area contributed by atoms with E-state index in [0.717, 1.165) is 58.0 Å². The Bertz CT molecular complexity index is 646. The first-order valence-electron chi connectivity index (χ1n) is 12.5. The summed E-state index contributed by atoms with van der Waals surface area (Å²) in [5.41, 5.74) is -0.00463. The van der Waals surface area contributed by atoms with Gasteiger partial charge in [0.1, 0.15) is 0 Å². The molecule has 0 aromatic heterocycles. The van der Waals surface area contributed by atoms with E-state index in [-0.39, 0.29) is 40.1 Å². The van der Waals surface area contributed by atoms with Gasteiger partial charge in [0.05, 0.1) is 18.3 Å². The summed E-state index contributed by atoms with van der Waals surface area (Å²) in [4.78, 5) is 0. The van der Waals surface area contributed by atoms with E-state index in [1.54, 1.807) is 0 Å². The molecule has 4 fully saturated rings. The lowest BCUT2D eigenvalue weighted by molar-refractivity contribution is -0.193. The Morgan fingerprint density at radius 2 is 1.60 bits per heavy atom. The molecule has 4 rings (SSSR count). The summed E-state index contributed by atoms with van der Waals surface area (Å²) in [7, 11) is -1.90. The van der Waals surface area contributed by atoms with E-state index in [4.69, 9.17) is 4.43 Å². The molecule has 4 aliphatic rings. The standard InChI is InChI=1S/C25H46O4Si/c1-23(2,3)30(5,6)29-15-25-12-9-16(26)13-20(25)21(27)14-17-18-7-8-22(28)24(18,4)11-10-19(17)25/h16-22,26-28H,7-15H2,1-6H3. The number of aliphatic hydroxyl groups is 3. The van der Waals surface area contributed by atoms with E-state index < -0.39 is 8.32 Å². The van der Waals surface area contributed by atoms with Gasteiger partial charge in [0, 0.05) is 12.0 Å². The maximum absolute atomic E-state index is 11.4. The van der Waals surface area contributed by atoms with Gasteiger partial charge in [0.15, 0.2) is 8.32 Å². The van der Waals surface area contributed by atoms with Crippen LogP contribution < -0.4 is 0 Å². The molecule has 0 radical (unpaired) electrons. The van der Waals surface area contributed by atoms with Crippen LogP contribution in [0.4, 0.5) is 0 Å². The highest BCUT2D eigenvalue weighted by Gasteiger charge is 2.63. The minimum absolute atomic E-state index is 0.0172. The fraction of sp³-hybridized carbons (Fsp3) is 1.00. The molecule has 0 aliphatic heterocycles. The highest BCUT2D eigenvalue weighted by molar-refractivity contribution is 6.74. The van der Waals surface area contributed by atoms with Crippen LogP contribution in [0.5, 0.6) is 0 Å². The molecule has 9 unspecified atom stereocenters. The highest BCUT2D eigenvalue weighted by Crippen LogP contribution is 2.66. The summed E-state index contributed by atoms with van der Waals surface area (Å²) in [5, 5.41) is 32.8. The number of aliphatic hydroxyl groups excluding tert-OH is 3. The monoisotopic (exact) mass is 438 g/mol. The molecule has 4 saturated carbocycles. The zero-order valence-electron chi connectivity index (χ0n) is 20.2. The van der Waals surface area contributed by atoms with Gasteiger partial charge in [-0.25, -0.2) is 0 Å². The molecule has 0 spiro atoms. The molecule has 0 aromatic rings. The maximum atomic E-state index is 11.4. The number of hydrogen-bond acceptors (Lipinski definition) is 4. The Labute approximate surface area is 184 Å². The van der Waals surface area contributed by atoms with Crippen LogP contribution in [-0.4, -0.2) is 48.6 Å². The molecular weight excluding hydrogens is 392 g/mol. The summed E-state index contributed by atoms with van der Waals surface area (Å²) in [5.74, 6) is 1.68. The third-order valence-corrected chi connectivity index (χ3v) is 15.3. The first kappa shape index (κ1) is 23.2. The predicted molar refractivity (Wildman–Crippen MR) is 123 cm³/mol. The van der Waals surface area contributed by atoms with Crippen molar-refractivity contribution in [1.29, 1.82) is 0 Å². The van der Waals surface area contributed by atoms with Crippen molar-refractivity contribution in [3.63, 3.8) is 0 Å². The third-order valence-electron chi connectivity index (χ3n) is 10.8. The van der Waals surface area contributed by atoms with E-state index in [0.29, 0.717) is 17.8 Å². The molecule has 4 nitrogen and oxygen atoms in total. The number of fused-ring (bicyclic) bond motifs is 5. The van der Waals surface area contributed by atoms with Gasteiger partial charge in [0.25, 0.3) is 0 Å². The van der Waals surface area contributed by atoms with Crippen molar-refractivity contribution in [2.45, 2.75) is 116 Å². The molecule has 0 heterocycles. The third kappa shape index (κ3) is 3.46. The average Bonchev–Trinajstić information content (AvgIpc) is 2.95. The molecule has 9 atom stereocenters. The Hall–Kier alpha value is 0.0569. The Balaban J connectivity index is 1.67. The lowest BCUT2D eigenvalue weighted by Gasteiger charge is -2.63. The van der Waals surface area contributed by atoms with Gasteiger partial charge < -0.3 is 19.7 Å². The lowest BCUT2D eigenvalue weighted by atomic mass is 9.44. The maximum Gasteiger partial charge on any atom is 0.192 e. The fourth-order valence-corrected chi connectivity index (χ4v) is 8.89. The van der Waals surface area contributed by atoms with Crippen LogP contribution in [0, 0.1) is 34.5 Å². The summed E-state index contributed by atoms with van der Waals surface area (Å²) in [6.45, 7) is 14.6. The smallest absolute Gasteiger partial charge is 0.192 e. The van der Waals surface area contributed by atoms with Gasteiger partial charge >= 0.3 is 0 Å². The second-order valence-electron chi connectivity index (χ2n) is 13.1. The Morgan fingerprint density at radius 3 is 2.27 bits per heavy atom. The Kier molecular flexibility index (Phi) is 5.84. The van der Waals surface area contributed by atoms with Crippen molar-refractivity contribution in [2.75, 3.05) is 6.61 Å². The van der Waals surface area contributed by atoms with Crippen molar-refractivity contribution in [3.05, 3.63) is 0 Å². The van der Waals surface area contributed by atoms with Crippen LogP contribution in [0.2, 0.25) is 18.1 Å². The first-order chi connectivity index (χ1) is 13.8. The van der Waals surface area contributed by atoms with Crippen molar-refractivity contribution < 1.29 is 19.7 Å². The number of hydrogen-bond donors (Lipinski definition) is 3. The van der Waals surface area contributed by atoms with E-state index in [1.165, 1.54) is 0 Å². The van der Waals surface area contributed by atoms with Crippen LogP contribution >= 0.6 is 0 Å². The van der Waals surface area contributed by atoms with Gasteiger partial charge in [-0.05, 0) is 98.6 Å². The topological polar surface area (TPSA) is 69.9 Å². The molecule has 5 heteroatoms. The molecule has 0 aromatic carbocycles. The largest absolute Gasteiger partial charge is 0.416 e. The van der Waals surface area contributed by atoms with Crippen LogP contribution in [0.25, 0.3) is 0 Å². The van der Waals surface area contributed by atoms with Gasteiger partial charge in [-0.1, -0.05) is 27.7 Å². The van der Waals surface area contributed by atoms with Crippen LogP contribution in [-0.2, 0) is 4.43 Å². The van der Waals surface area contributed by atoms with E-state index in [2.05, 4.69) is 40.8 Å². The normalized spacial score (nSPS) is 49.3. The molecular formula is C25H46O4Si. The summed E-state index contributed by atoms with van der Waals surface area (Å²) in [6.07, 6.45) is 6.76. The number of rotatable bonds is 3. The molecule has 0 saturated heterocycles. The van der Waals surface area contributed by atoms with Gasteiger partial charge in [0.2, 0.25) is 0 Å². The first-order valence-corrected chi connectivity index (χ1v) is 15.4. The fourth-order valence-electron chi connectivity index (χ4n) is 7.83. The van der Waals surface area contributed by atoms with Crippen molar-refractivity contribution in [3.8, 4) is 0 Å². The van der Waals surface area contributed by atoms with Crippen LogP contribution in [0.3, 0.4) is 0 Å². The van der Waals surface area contributed by atoms with Crippen LogP contribution in [0.15, 0.2) is 0 Å². The molecule has 30 heavy (non-hydrogen) atoms. The van der Waals surface area contributed by atoms with Crippen molar-refractivity contribution >= 4 is 8.32 Å². The lowest BCUT2D eigenvalue weighted by Crippen LogP contribution is -2.62. The zero-order chi connectivity index (χ0) is 22.1. The van der Waals surface area contributed by atoms with Gasteiger partial charge in [-0.3, -0.25) is 0 Å². The van der Waals surface area contributed by atoms with E-state index >= 15 is 0 Å². The van der Waals surface area contributed by atoms with Crippen molar-refractivity contribution in [2.24, 2.45) is 34.5 Å². The van der Waals surface area contributed by atoms with E-state index in [9.17, 15) is 15.3 Å². The molecule has 0 amide bonds. The molecule has 3 N–H and O–H groups in total. The van der Waals surface area contributed by atoms with Crippen molar-refractivity contribution in [1.82, 2.24) is 0 Å². The highest BCUT2D eigenvalue weighted by atomic mass is 28.4. The zero-order valence-corrected chi connectivity index (χ0v) is 21.2. The minimum atomic E-state index is -1.90. The SMILES string of the molecule is CC12CCC3C(CC(O)C4CC(O)CCC43CO[Si](C)(C)C(C)(C)C)C1CCC2O. The Morgan fingerprint density at radius 1 is 0.900 bits per heavy atom.